The first kappa shape index (κ1) is 18.5. The van der Waals surface area contributed by atoms with Crippen molar-refractivity contribution in [1.29, 1.82) is 0 Å². The van der Waals surface area contributed by atoms with Crippen molar-refractivity contribution in [2.24, 2.45) is 0 Å². The Morgan fingerprint density at radius 3 is 2.92 bits per heavy atom. The Balaban J connectivity index is 2.01. The molecule has 0 saturated carbocycles. The van der Waals surface area contributed by atoms with Crippen molar-refractivity contribution < 1.29 is 23.5 Å². The molecule has 130 valence electrons. The van der Waals surface area contributed by atoms with E-state index in [0.29, 0.717) is 5.56 Å². The highest BCUT2D eigenvalue weighted by atomic mass is 35.5. The maximum atomic E-state index is 13.3. The lowest BCUT2D eigenvalue weighted by molar-refractivity contribution is -0.143. The second kappa shape index (κ2) is 8.34. The zero-order valence-electron chi connectivity index (χ0n) is 12.9. The first-order chi connectivity index (χ1) is 11.4. The van der Waals surface area contributed by atoms with Gasteiger partial charge < -0.3 is 15.0 Å². The van der Waals surface area contributed by atoms with E-state index >= 15 is 0 Å². The van der Waals surface area contributed by atoms with Gasteiger partial charge in [-0.05, 0) is 24.6 Å². The number of hydrogen-bond acceptors (Lipinski definition) is 5. The Labute approximate surface area is 147 Å². The predicted molar refractivity (Wildman–Crippen MR) is 88.0 cm³/mol. The molecular weight excluding hydrogens is 359 g/mol. The van der Waals surface area contributed by atoms with Crippen molar-refractivity contribution in [3.8, 4) is 0 Å². The van der Waals surface area contributed by atoms with Crippen LogP contribution in [0.5, 0.6) is 0 Å². The quantitative estimate of drug-likeness (QED) is 0.767. The average Bonchev–Trinajstić information content (AvgIpc) is 2.89. The molecule has 1 heterocycles. The van der Waals surface area contributed by atoms with E-state index in [2.05, 4.69) is 5.32 Å². The topological polar surface area (TPSA) is 75.7 Å². The molecule has 1 aliphatic heterocycles. The van der Waals surface area contributed by atoms with E-state index in [1.165, 1.54) is 34.9 Å². The molecule has 6 nitrogen and oxygen atoms in total. The molecule has 0 bridgehead atoms. The maximum Gasteiger partial charge on any atom is 0.325 e. The number of hydrogen-bond donors (Lipinski definition) is 1. The van der Waals surface area contributed by atoms with E-state index in [-0.39, 0.29) is 36.4 Å². The number of nitrogens with one attached hydrogen (secondary N) is 1. The van der Waals surface area contributed by atoms with Gasteiger partial charge in [0.25, 0.3) is 0 Å². The number of rotatable bonds is 6. The summed E-state index contributed by atoms with van der Waals surface area (Å²) >= 11 is 7.10. The largest absolute Gasteiger partial charge is 0.465 e. The number of benzene rings is 1. The summed E-state index contributed by atoms with van der Waals surface area (Å²) in [6, 6.07) is 4.19. The molecule has 1 atom stereocenters. The normalized spacial score (nSPS) is 17.0. The number of amides is 2. The second-order valence-electron chi connectivity index (χ2n) is 4.94. The van der Waals surface area contributed by atoms with Gasteiger partial charge in [0.2, 0.25) is 11.8 Å². The van der Waals surface area contributed by atoms with E-state index in [0.717, 1.165) is 0 Å². The van der Waals surface area contributed by atoms with E-state index < -0.39 is 23.1 Å². The van der Waals surface area contributed by atoms with Crippen LogP contribution in [0, 0.1) is 5.82 Å². The van der Waals surface area contributed by atoms with Crippen LogP contribution in [-0.2, 0) is 19.1 Å². The molecule has 1 aromatic rings. The van der Waals surface area contributed by atoms with Crippen molar-refractivity contribution in [2.45, 2.75) is 12.3 Å². The molecule has 0 radical (unpaired) electrons. The van der Waals surface area contributed by atoms with Gasteiger partial charge in [-0.25, -0.2) is 4.39 Å². The highest BCUT2D eigenvalue weighted by Gasteiger charge is 2.34. The van der Waals surface area contributed by atoms with Crippen LogP contribution in [0.2, 0.25) is 5.02 Å². The van der Waals surface area contributed by atoms with Gasteiger partial charge in [-0.3, -0.25) is 14.4 Å². The smallest absolute Gasteiger partial charge is 0.325 e. The molecule has 1 N–H and O–H groups in total. The number of nitrogens with zero attached hydrogens (tertiary/aromatic N) is 1. The van der Waals surface area contributed by atoms with Crippen LogP contribution >= 0.6 is 23.4 Å². The molecule has 2 amide bonds. The van der Waals surface area contributed by atoms with Crippen LogP contribution in [0.1, 0.15) is 17.9 Å². The molecule has 24 heavy (non-hydrogen) atoms. The Morgan fingerprint density at radius 1 is 1.50 bits per heavy atom. The van der Waals surface area contributed by atoms with Crippen LogP contribution in [0.25, 0.3) is 0 Å². The Hall–Kier alpha value is -1.80. The van der Waals surface area contributed by atoms with Crippen molar-refractivity contribution in [2.75, 3.05) is 25.4 Å². The van der Waals surface area contributed by atoms with Crippen LogP contribution in [0.15, 0.2) is 18.2 Å². The molecule has 1 saturated heterocycles. The fourth-order valence-electron chi connectivity index (χ4n) is 2.16. The minimum absolute atomic E-state index is 0.0424. The lowest BCUT2D eigenvalue weighted by Crippen LogP contribution is -2.41. The van der Waals surface area contributed by atoms with Crippen molar-refractivity contribution in [3.63, 3.8) is 0 Å². The molecule has 1 unspecified atom stereocenters. The first-order valence-corrected chi connectivity index (χ1v) is 8.63. The van der Waals surface area contributed by atoms with Crippen LogP contribution < -0.4 is 5.32 Å². The molecule has 0 aromatic heterocycles. The Bertz CT molecular complexity index is 658. The third kappa shape index (κ3) is 4.61. The number of esters is 1. The first-order valence-electron chi connectivity index (χ1n) is 7.20. The molecule has 1 aromatic carbocycles. The minimum atomic E-state index is -0.548. The molecule has 1 aliphatic rings. The van der Waals surface area contributed by atoms with Crippen molar-refractivity contribution >= 4 is 41.1 Å². The summed E-state index contributed by atoms with van der Waals surface area (Å²) in [5, 5.41) is 1.94. The molecule has 9 heteroatoms. The maximum absolute atomic E-state index is 13.3. The number of thioether (sulfide) groups is 1. The van der Waals surface area contributed by atoms with Gasteiger partial charge in [0.15, 0.2) is 0 Å². The number of ether oxygens (including phenoxy) is 1. The van der Waals surface area contributed by atoms with E-state index in [9.17, 15) is 18.8 Å². The summed E-state index contributed by atoms with van der Waals surface area (Å²) in [6.07, 6.45) is 0. The van der Waals surface area contributed by atoms with Crippen LogP contribution in [0.3, 0.4) is 0 Å². The number of carbonyl (C=O) groups excluding carboxylic acids is 3. The zero-order chi connectivity index (χ0) is 17.7. The van der Waals surface area contributed by atoms with Gasteiger partial charge in [-0.2, -0.15) is 0 Å². The molecule has 0 aliphatic carbocycles. The highest BCUT2D eigenvalue weighted by molar-refractivity contribution is 8.00. The van der Waals surface area contributed by atoms with Gasteiger partial charge >= 0.3 is 5.97 Å². The lowest BCUT2D eigenvalue weighted by atomic mass is 10.2. The molecular formula is C15H16ClFN2O4S. The summed E-state index contributed by atoms with van der Waals surface area (Å²) in [7, 11) is 0. The average molecular weight is 375 g/mol. The van der Waals surface area contributed by atoms with Gasteiger partial charge in [0.05, 0.1) is 17.4 Å². The third-order valence-electron chi connectivity index (χ3n) is 3.25. The second-order valence-corrected chi connectivity index (χ2v) is 6.42. The molecule has 1 fully saturated rings. The standard InChI is InChI=1S/C15H16ClFN2O4S/c1-2-23-14(22)6-18-12(20)7-19-13(21)8-24-15(19)9-3-4-11(17)10(16)5-9/h3-5,15H,2,6-8H2,1H3,(H,18,20). The van der Waals surface area contributed by atoms with Crippen LogP contribution in [-0.4, -0.2) is 48.1 Å². The van der Waals surface area contributed by atoms with Crippen molar-refractivity contribution in [1.82, 2.24) is 10.2 Å². The van der Waals surface area contributed by atoms with Gasteiger partial charge in [0.1, 0.15) is 24.3 Å². The fourth-order valence-corrected chi connectivity index (χ4v) is 3.53. The third-order valence-corrected chi connectivity index (χ3v) is 4.79. The SMILES string of the molecule is CCOC(=O)CNC(=O)CN1C(=O)CSC1c1ccc(F)c(Cl)c1. The number of halogens is 2. The zero-order valence-corrected chi connectivity index (χ0v) is 14.5. The van der Waals surface area contributed by atoms with Crippen molar-refractivity contribution in [3.05, 3.63) is 34.6 Å². The summed E-state index contributed by atoms with van der Waals surface area (Å²) in [6.45, 7) is 1.43. The number of carbonyl (C=O) groups is 3. The van der Waals surface area contributed by atoms with Gasteiger partial charge in [-0.15, -0.1) is 11.8 Å². The summed E-state index contributed by atoms with van der Waals surface area (Å²) in [5.74, 6) is -1.57. The van der Waals surface area contributed by atoms with Crippen LogP contribution in [0.4, 0.5) is 4.39 Å². The van der Waals surface area contributed by atoms with E-state index in [1.807, 2.05) is 0 Å². The summed E-state index contributed by atoms with van der Waals surface area (Å²) in [5.41, 5.74) is 0.635. The monoisotopic (exact) mass is 374 g/mol. The summed E-state index contributed by atoms with van der Waals surface area (Å²) in [4.78, 5) is 36.6. The molecule has 0 spiro atoms. The van der Waals surface area contributed by atoms with Gasteiger partial charge in [-0.1, -0.05) is 17.7 Å². The lowest BCUT2D eigenvalue weighted by Gasteiger charge is -2.23. The van der Waals surface area contributed by atoms with E-state index in [4.69, 9.17) is 16.3 Å². The highest BCUT2D eigenvalue weighted by Crippen LogP contribution is 2.39. The predicted octanol–water partition coefficient (Wildman–Crippen LogP) is 1.73. The Morgan fingerprint density at radius 2 is 2.25 bits per heavy atom. The van der Waals surface area contributed by atoms with E-state index in [1.54, 1.807) is 6.92 Å². The Kier molecular flexibility index (Phi) is 6.44. The minimum Gasteiger partial charge on any atom is -0.465 e. The van der Waals surface area contributed by atoms with Gasteiger partial charge in [0, 0.05) is 0 Å². The fraction of sp³-hybridized carbons (Fsp3) is 0.400. The molecule has 2 rings (SSSR count). The summed E-state index contributed by atoms with van der Waals surface area (Å²) < 4.78 is 18.0.